The number of nitrogens with zero attached hydrogens (tertiary/aromatic N) is 2. The molecule has 0 saturated carbocycles. The SMILES string of the molecule is CC(C)(C)OC(=O)N1CCC(CCC(=O)N2CCC(Cc3ccccc3)CC2)CC1. The Hall–Kier alpha value is -2.04. The highest BCUT2D eigenvalue weighted by Gasteiger charge is 2.28. The zero-order valence-electron chi connectivity index (χ0n) is 18.9. The van der Waals surface area contributed by atoms with Crippen molar-refractivity contribution in [2.24, 2.45) is 11.8 Å². The molecule has 0 aliphatic carbocycles. The van der Waals surface area contributed by atoms with Gasteiger partial charge >= 0.3 is 6.09 Å². The number of hydrogen-bond acceptors (Lipinski definition) is 3. The van der Waals surface area contributed by atoms with E-state index in [2.05, 4.69) is 35.2 Å². The van der Waals surface area contributed by atoms with Crippen LogP contribution in [-0.4, -0.2) is 53.6 Å². The topological polar surface area (TPSA) is 49.9 Å². The summed E-state index contributed by atoms with van der Waals surface area (Å²) in [5.41, 5.74) is 0.953. The summed E-state index contributed by atoms with van der Waals surface area (Å²) in [6.07, 6.45) is 6.63. The van der Waals surface area contributed by atoms with Gasteiger partial charge in [-0.05, 0) is 76.7 Å². The molecule has 0 spiro atoms. The molecule has 166 valence electrons. The van der Waals surface area contributed by atoms with Gasteiger partial charge < -0.3 is 14.5 Å². The van der Waals surface area contributed by atoms with E-state index < -0.39 is 5.60 Å². The van der Waals surface area contributed by atoms with Gasteiger partial charge in [0.05, 0.1) is 0 Å². The van der Waals surface area contributed by atoms with Gasteiger partial charge in [-0.2, -0.15) is 0 Å². The van der Waals surface area contributed by atoms with Crippen LogP contribution in [0.5, 0.6) is 0 Å². The number of amides is 2. The van der Waals surface area contributed by atoms with Gasteiger partial charge in [0.1, 0.15) is 5.60 Å². The van der Waals surface area contributed by atoms with Crippen LogP contribution in [0.3, 0.4) is 0 Å². The van der Waals surface area contributed by atoms with Gasteiger partial charge in [-0.25, -0.2) is 4.79 Å². The van der Waals surface area contributed by atoms with E-state index in [1.54, 1.807) is 4.90 Å². The summed E-state index contributed by atoms with van der Waals surface area (Å²) in [5.74, 6) is 1.53. The molecular formula is C25H38N2O3. The van der Waals surface area contributed by atoms with Gasteiger partial charge in [0.25, 0.3) is 0 Å². The molecule has 2 aliphatic heterocycles. The Labute approximate surface area is 181 Å². The third-order valence-corrected chi connectivity index (χ3v) is 6.37. The maximum Gasteiger partial charge on any atom is 0.410 e. The number of rotatable bonds is 5. The van der Waals surface area contributed by atoms with Crippen LogP contribution in [0.15, 0.2) is 30.3 Å². The molecule has 2 heterocycles. The van der Waals surface area contributed by atoms with Crippen LogP contribution in [0.1, 0.15) is 64.9 Å². The van der Waals surface area contributed by atoms with Crippen LogP contribution in [0.25, 0.3) is 0 Å². The molecule has 0 N–H and O–H groups in total. The Morgan fingerprint density at radius 2 is 1.47 bits per heavy atom. The van der Waals surface area contributed by atoms with Crippen molar-refractivity contribution >= 4 is 12.0 Å². The minimum Gasteiger partial charge on any atom is -0.444 e. The molecule has 0 atom stereocenters. The highest BCUT2D eigenvalue weighted by Crippen LogP contribution is 2.26. The molecule has 2 saturated heterocycles. The molecule has 30 heavy (non-hydrogen) atoms. The number of ether oxygens (including phenoxy) is 1. The second-order valence-electron chi connectivity index (χ2n) is 9.96. The Kier molecular flexibility index (Phi) is 7.79. The number of likely N-dealkylation sites (tertiary alicyclic amines) is 2. The average Bonchev–Trinajstić information content (AvgIpc) is 2.72. The first-order chi connectivity index (χ1) is 14.3. The predicted molar refractivity (Wildman–Crippen MR) is 119 cm³/mol. The molecule has 0 unspecified atom stereocenters. The van der Waals surface area contributed by atoms with E-state index in [-0.39, 0.29) is 6.09 Å². The lowest BCUT2D eigenvalue weighted by molar-refractivity contribution is -0.133. The Bertz CT molecular complexity index is 682. The highest BCUT2D eigenvalue weighted by atomic mass is 16.6. The van der Waals surface area contributed by atoms with E-state index in [0.717, 1.165) is 64.7 Å². The smallest absolute Gasteiger partial charge is 0.410 e. The van der Waals surface area contributed by atoms with Crippen molar-refractivity contribution in [3.8, 4) is 0 Å². The third-order valence-electron chi connectivity index (χ3n) is 6.37. The van der Waals surface area contributed by atoms with Crippen LogP contribution in [-0.2, 0) is 16.0 Å². The van der Waals surface area contributed by atoms with Crippen LogP contribution in [0.2, 0.25) is 0 Å². The lowest BCUT2D eigenvalue weighted by Crippen LogP contribution is -2.42. The van der Waals surface area contributed by atoms with Crippen molar-refractivity contribution in [3.05, 3.63) is 35.9 Å². The van der Waals surface area contributed by atoms with Crippen molar-refractivity contribution in [1.82, 2.24) is 9.80 Å². The van der Waals surface area contributed by atoms with Crippen molar-refractivity contribution in [3.63, 3.8) is 0 Å². The molecule has 0 aromatic heterocycles. The maximum atomic E-state index is 12.7. The van der Waals surface area contributed by atoms with Crippen molar-refractivity contribution in [2.75, 3.05) is 26.2 Å². The van der Waals surface area contributed by atoms with Crippen LogP contribution in [0.4, 0.5) is 4.79 Å². The molecule has 2 aliphatic rings. The molecule has 0 bridgehead atoms. The van der Waals surface area contributed by atoms with Gasteiger partial charge in [0, 0.05) is 32.6 Å². The fraction of sp³-hybridized carbons (Fsp3) is 0.680. The minimum absolute atomic E-state index is 0.213. The Morgan fingerprint density at radius 3 is 2.07 bits per heavy atom. The van der Waals surface area contributed by atoms with Crippen molar-refractivity contribution in [2.45, 2.75) is 71.3 Å². The molecular weight excluding hydrogens is 376 g/mol. The second kappa shape index (κ2) is 10.3. The lowest BCUT2D eigenvalue weighted by atomic mass is 9.89. The monoisotopic (exact) mass is 414 g/mol. The van der Waals surface area contributed by atoms with Gasteiger partial charge in [-0.1, -0.05) is 30.3 Å². The fourth-order valence-electron chi connectivity index (χ4n) is 4.55. The van der Waals surface area contributed by atoms with Crippen LogP contribution >= 0.6 is 0 Å². The maximum absolute atomic E-state index is 12.7. The second-order valence-corrected chi connectivity index (χ2v) is 9.96. The van der Waals surface area contributed by atoms with Crippen LogP contribution in [0, 0.1) is 11.8 Å². The Balaban J connectivity index is 1.32. The molecule has 0 radical (unpaired) electrons. The zero-order chi connectivity index (χ0) is 21.6. The summed E-state index contributed by atoms with van der Waals surface area (Å²) in [6, 6.07) is 10.7. The highest BCUT2D eigenvalue weighted by molar-refractivity contribution is 5.76. The molecule has 1 aromatic carbocycles. The normalized spacial score (nSPS) is 19.0. The van der Waals surface area contributed by atoms with Crippen LogP contribution < -0.4 is 0 Å². The van der Waals surface area contributed by atoms with E-state index in [4.69, 9.17) is 4.74 Å². The summed E-state index contributed by atoms with van der Waals surface area (Å²) in [7, 11) is 0. The first kappa shape index (κ1) is 22.6. The summed E-state index contributed by atoms with van der Waals surface area (Å²) in [4.78, 5) is 28.7. The zero-order valence-corrected chi connectivity index (χ0v) is 18.9. The molecule has 1 aromatic rings. The van der Waals surface area contributed by atoms with Gasteiger partial charge in [-0.3, -0.25) is 4.79 Å². The van der Waals surface area contributed by atoms with Gasteiger partial charge in [-0.15, -0.1) is 0 Å². The number of carbonyl (C=O) groups excluding carboxylic acids is 2. The summed E-state index contributed by atoms with van der Waals surface area (Å²) >= 11 is 0. The molecule has 5 heteroatoms. The average molecular weight is 415 g/mol. The summed E-state index contributed by atoms with van der Waals surface area (Å²) in [6.45, 7) is 8.95. The summed E-state index contributed by atoms with van der Waals surface area (Å²) < 4.78 is 5.46. The number of hydrogen-bond donors (Lipinski definition) is 0. The molecule has 3 rings (SSSR count). The van der Waals surface area contributed by atoms with Gasteiger partial charge in [0.2, 0.25) is 5.91 Å². The predicted octanol–water partition coefficient (Wildman–Crippen LogP) is 4.90. The van der Waals surface area contributed by atoms with Crippen molar-refractivity contribution < 1.29 is 14.3 Å². The number of benzene rings is 1. The van der Waals surface area contributed by atoms with E-state index in [1.807, 2.05) is 20.8 Å². The standard InChI is InChI=1S/C25H38N2O3/c1-25(2,3)30-24(29)27-17-11-20(12-18-27)9-10-23(28)26-15-13-22(14-16-26)19-21-7-5-4-6-8-21/h4-8,20,22H,9-19H2,1-3H3. The summed E-state index contributed by atoms with van der Waals surface area (Å²) in [5, 5.41) is 0. The lowest BCUT2D eigenvalue weighted by Gasteiger charge is -2.34. The minimum atomic E-state index is -0.450. The Morgan fingerprint density at radius 1 is 0.900 bits per heavy atom. The van der Waals surface area contributed by atoms with E-state index in [1.165, 1.54) is 5.56 Å². The van der Waals surface area contributed by atoms with E-state index in [0.29, 0.717) is 24.2 Å². The third kappa shape index (κ3) is 7.03. The molecule has 5 nitrogen and oxygen atoms in total. The van der Waals surface area contributed by atoms with E-state index >= 15 is 0 Å². The fourth-order valence-corrected chi connectivity index (χ4v) is 4.55. The first-order valence-corrected chi connectivity index (χ1v) is 11.6. The van der Waals surface area contributed by atoms with E-state index in [9.17, 15) is 9.59 Å². The largest absolute Gasteiger partial charge is 0.444 e. The molecule has 2 fully saturated rings. The number of piperidine rings is 2. The van der Waals surface area contributed by atoms with Crippen molar-refractivity contribution in [1.29, 1.82) is 0 Å². The van der Waals surface area contributed by atoms with Gasteiger partial charge in [0.15, 0.2) is 0 Å². The number of carbonyl (C=O) groups is 2. The quantitative estimate of drug-likeness (QED) is 0.689. The first-order valence-electron chi connectivity index (χ1n) is 11.6. The molecule has 2 amide bonds.